The summed E-state index contributed by atoms with van der Waals surface area (Å²) in [4.78, 5) is 26.6. The highest BCUT2D eigenvalue weighted by Gasteiger charge is 2.31. The molecule has 9 heteroatoms. The lowest BCUT2D eigenvalue weighted by atomic mass is 10.1. The van der Waals surface area contributed by atoms with Crippen LogP contribution in [0, 0.1) is 11.3 Å². The number of hydrogen-bond acceptors (Lipinski definition) is 9. The highest BCUT2D eigenvalue weighted by molar-refractivity contribution is 5.85. The maximum atomic E-state index is 12.7. The van der Waals surface area contributed by atoms with Gasteiger partial charge in [-0.15, -0.1) is 0 Å². The zero-order valence-electron chi connectivity index (χ0n) is 20.0. The smallest absolute Gasteiger partial charge is 0.329 e. The van der Waals surface area contributed by atoms with Crippen LogP contribution in [-0.2, 0) is 14.3 Å². The minimum Gasteiger partial charge on any atom is -0.492 e. The first kappa shape index (κ1) is 24.2. The van der Waals surface area contributed by atoms with Crippen LogP contribution in [0.1, 0.15) is 18.5 Å². The molecular weight excluding hydrogens is 446 g/mol. The van der Waals surface area contributed by atoms with Gasteiger partial charge >= 0.3 is 5.97 Å². The van der Waals surface area contributed by atoms with Crippen LogP contribution < -0.4 is 14.5 Å². The molecular formula is C26H29N5O4. The number of benzene rings is 2. The Balaban J connectivity index is 1.61. The SMILES string of the molecule is CCOc1ccccc1N1CCN(c2nc3ccccc3nc2C(C#N)C(=O)OCCOC)CC1. The van der Waals surface area contributed by atoms with Crippen molar-refractivity contribution in [1.82, 2.24) is 9.97 Å². The number of nitriles is 1. The molecule has 1 aliphatic heterocycles. The molecule has 0 bridgehead atoms. The van der Waals surface area contributed by atoms with Gasteiger partial charge in [-0.25, -0.2) is 9.97 Å². The number of anilines is 2. The molecule has 2 aromatic carbocycles. The molecule has 35 heavy (non-hydrogen) atoms. The standard InChI is InChI=1S/C26H29N5O4/c1-3-34-23-11-7-6-10-22(23)30-12-14-31(15-13-30)25-24(19(18-27)26(32)35-17-16-33-2)28-20-8-4-5-9-21(20)29-25/h4-11,19H,3,12-17H2,1-2H3. The molecule has 1 unspecified atom stereocenters. The topological polar surface area (TPSA) is 101 Å². The average molecular weight is 476 g/mol. The monoisotopic (exact) mass is 475 g/mol. The number of fused-ring (bicyclic) bond motifs is 1. The fourth-order valence-electron chi connectivity index (χ4n) is 4.12. The van der Waals surface area contributed by atoms with Crippen molar-refractivity contribution in [3.8, 4) is 11.8 Å². The predicted molar refractivity (Wildman–Crippen MR) is 133 cm³/mol. The molecule has 9 nitrogen and oxygen atoms in total. The van der Waals surface area contributed by atoms with Gasteiger partial charge in [-0.2, -0.15) is 5.26 Å². The van der Waals surface area contributed by atoms with Crippen molar-refractivity contribution in [2.75, 3.05) is 62.9 Å². The van der Waals surface area contributed by atoms with Crippen molar-refractivity contribution in [3.05, 3.63) is 54.2 Å². The van der Waals surface area contributed by atoms with Crippen LogP contribution in [0.15, 0.2) is 48.5 Å². The number of aromatic nitrogens is 2. The molecule has 1 aliphatic rings. The highest BCUT2D eigenvalue weighted by atomic mass is 16.6. The fraction of sp³-hybridized carbons (Fsp3) is 0.385. The lowest BCUT2D eigenvalue weighted by Crippen LogP contribution is -2.47. The molecule has 0 spiro atoms. The molecule has 2 heterocycles. The molecule has 0 aliphatic carbocycles. The first-order valence-electron chi connectivity index (χ1n) is 11.7. The molecule has 1 aromatic heterocycles. The highest BCUT2D eigenvalue weighted by Crippen LogP contribution is 2.32. The van der Waals surface area contributed by atoms with Crippen molar-refractivity contribution in [1.29, 1.82) is 5.26 Å². The van der Waals surface area contributed by atoms with Crippen molar-refractivity contribution in [2.45, 2.75) is 12.8 Å². The zero-order chi connectivity index (χ0) is 24.6. The van der Waals surface area contributed by atoms with Crippen LogP contribution >= 0.6 is 0 Å². The van der Waals surface area contributed by atoms with Crippen LogP contribution in [0.25, 0.3) is 11.0 Å². The number of hydrogen-bond donors (Lipinski definition) is 0. The lowest BCUT2D eigenvalue weighted by molar-refractivity contribution is -0.145. The van der Waals surface area contributed by atoms with E-state index < -0.39 is 11.9 Å². The van der Waals surface area contributed by atoms with E-state index in [2.05, 4.69) is 21.9 Å². The minimum absolute atomic E-state index is 0.0712. The van der Waals surface area contributed by atoms with Crippen molar-refractivity contribution in [3.63, 3.8) is 0 Å². The van der Waals surface area contributed by atoms with Gasteiger partial charge in [0.05, 0.1) is 36.0 Å². The van der Waals surface area contributed by atoms with Gasteiger partial charge in [-0.3, -0.25) is 4.79 Å². The Labute approximate surface area is 204 Å². The van der Waals surface area contributed by atoms with E-state index in [0.29, 0.717) is 42.2 Å². The summed E-state index contributed by atoms with van der Waals surface area (Å²) in [5, 5.41) is 9.88. The second kappa shape index (κ2) is 11.5. The molecule has 0 N–H and O–H groups in total. The summed E-state index contributed by atoms with van der Waals surface area (Å²) >= 11 is 0. The molecule has 0 amide bonds. The Morgan fingerprint density at radius 1 is 1.00 bits per heavy atom. The normalized spacial score (nSPS) is 14.4. The quantitative estimate of drug-likeness (QED) is 0.341. The van der Waals surface area contributed by atoms with Crippen LogP contribution in [0.5, 0.6) is 5.75 Å². The number of piperazine rings is 1. The maximum Gasteiger partial charge on any atom is 0.329 e. The van der Waals surface area contributed by atoms with Gasteiger partial charge in [-0.05, 0) is 31.2 Å². The second-order valence-electron chi connectivity index (χ2n) is 8.02. The van der Waals surface area contributed by atoms with Crippen LogP contribution in [0.3, 0.4) is 0 Å². The van der Waals surface area contributed by atoms with E-state index in [-0.39, 0.29) is 13.2 Å². The van der Waals surface area contributed by atoms with Crippen LogP contribution in [0.4, 0.5) is 11.5 Å². The third-order valence-corrected chi connectivity index (χ3v) is 5.83. The number of esters is 1. The zero-order valence-corrected chi connectivity index (χ0v) is 20.0. The van der Waals surface area contributed by atoms with Gasteiger partial charge < -0.3 is 24.0 Å². The Hall–Kier alpha value is -3.90. The number of methoxy groups -OCH3 is 1. The van der Waals surface area contributed by atoms with E-state index in [9.17, 15) is 10.1 Å². The Morgan fingerprint density at radius 2 is 1.66 bits per heavy atom. The van der Waals surface area contributed by atoms with E-state index in [4.69, 9.17) is 24.2 Å². The molecule has 0 saturated carbocycles. The summed E-state index contributed by atoms with van der Waals surface area (Å²) in [6.07, 6.45) is 0. The summed E-state index contributed by atoms with van der Waals surface area (Å²) in [7, 11) is 1.52. The van der Waals surface area contributed by atoms with Crippen molar-refractivity contribution in [2.24, 2.45) is 0 Å². The first-order valence-corrected chi connectivity index (χ1v) is 11.7. The maximum absolute atomic E-state index is 12.7. The Morgan fingerprint density at radius 3 is 2.34 bits per heavy atom. The molecule has 1 saturated heterocycles. The Bertz CT molecular complexity index is 1200. The van der Waals surface area contributed by atoms with Gasteiger partial charge in [0.1, 0.15) is 18.1 Å². The fourth-order valence-corrected chi connectivity index (χ4v) is 4.12. The molecule has 0 radical (unpaired) electrons. The summed E-state index contributed by atoms with van der Waals surface area (Å²) in [5.41, 5.74) is 2.70. The number of rotatable bonds is 9. The second-order valence-corrected chi connectivity index (χ2v) is 8.02. The number of carbonyl (C=O) groups is 1. The molecule has 1 atom stereocenters. The van der Waals surface area contributed by atoms with Gasteiger partial charge in [0, 0.05) is 33.3 Å². The molecule has 182 valence electrons. The average Bonchev–Trinajstić information content (AvgIpc) is 2.89. The van der Waals surface area contributed by atoms with E-state index in [1.54, 1.807) is 0 Å². The number of carbonyl (C=O) groups excluding carboxylic acids is 1. The number of para-hydroxylation sites is 4. The summed E-state index contributed by atoms with van der Waals surface area (Å²) in [6, 6.07) is 17.5. The van der Waals surface area contributed by atoms with Crippen LogP contribution in [0.2, 0.25) is 0 Å². The largest absolute Gasteiger partial charge is 0.492 e. The summed E-state index contributed by atoms with van der Waals surface area (Å²) in [6.45, 7) is 5.66. The van der Waals surface area contributed by atoms with Gasteiger partial charge in [-0.1, -0.05) is 24.3 Å². The number of nitrogens with zero attached hydrogens (tertiary/aromatic N) is 5. The number of ether oxygens (including phenoxy) is 3. The minimum atomic E-state index is -1.18. The summed E-state index contributed by atoms with van der Waals surface area (Å²) < 4.78 is 16.0. The molecule has 1 fully saturated rings. The summed E-state index contributed by atoms with van der Waals surface area (Å²) in [5.74, 6) is -0.440. The van der Waals surface area contributed by atoms with E-state index in [1.165, 1.54) is 7.11 Å². The van der Waals surface area contributed by atoms with Gasteiger partial charge in [0.25, 0.3) is 0 Å². The first-order chi connectivity index (χ1) is 17.2. The van der Waals surface area contributed by atoms with Gasteiger partial charge in [0.15, 0.2) is 11.7 Å². The van der Waals surface area contributed by atoms with Crippen molar-refractivity contribution >= 4 is 28.5 Å². The van der Waals surface area contributed by atoms with E-state index in [0.717, 1.165) is 24.5 Å². The lowest BCUT2D eigenvalue weighted by Gasteiger charge is -2.38. The van der Waals surface area contributed by atoms with E-state index >= 15 is 0 Å². The van der Waals surface area contributed by atoms with E-state index in [1.807, 2.05) is 49.4 Å². The van der Waals surface area contributed by atoms with Gasteiger partial charge in [0.2, 0.25) is 0 Å². The van der Waals surface area contributed by atoms with Crippen LogP contribution in [-0.4, -0.2) is 69.0 Å². The third-order valence-electron chi connectivity index (χ3n) is 5.83. The third kappa shape index (κ3) is 5.44. The van der Waals surface area contributed by atoms with Crippen molar-refractivity contribution < 1.29 is 19.0 Å². The Kier molecular flexibility index (Phi) is 7.95. The molecule has 4 rings (SSSR count). The molecule has 3 aromatic rings. The predicted octanol–water partition coefficient (Wildman–Crippen LogP) is 3.15.